The van der Waals surface area contributed by atoms with E-state index in [9.17, 15) is 0 Å². The van der Waals surface area contributed by atoms with E-state index in [2.05, 4.69) is 159 Å². The number of benzene rings is 6. The lowest BCUT2D eigenvalue weighted by atomic mass is 9.99. The fourth-order valence-corrected chi connectivity index (χ4v) is 4.28. The van der Waals surface area contributed by atoms with E-state index in [1.165, 1.54) is 44.5 Å². The Kier molecular flexibility index (Phi) is 15.9. The maximum absolute atomic E-state index is 3.00. The normalized spacial score (nSPS) is 9.14. The minimum Gasteiger partial charge on any atom is -0.106 e. The SMILES string of the molecule is C=C.CC.CC.c1ccc(-c2cccc(-c3ccccc3)c2)cc1.c1ccc(-c2cccc(-c3ccccc3)c2)cc1. The van der Waals surface area contributed by atoms with Gasteiger partial charge in [-0.1, -0.05) is 185 Å². The number of rotatable bonds is 4. The van der Waals surface area contributed by atoms with Crippen molar-refractivity contribution in [1.82, 2.24) is 0 Å². The molecule has 0 spiro atoms. The Morgan fingerprint density at radius 3 is 0.595 bits per heavy atom. The molecular weight excluding hydrogens is 504 g/mol. The molecule has 0 saturated carbocycles. The molecule has 0 amide bonds. The van der Waals surface area contributed by atoms with Gasteiger partial charge >= 0.3 is 0 Å². The summed E-state index contributed by atoms with van der Waals surface area (Å²) in [6, 6.07) is 59.3. The lowest BCUT2D eigenvalue weighted by molar-refractivity contribution is 1.50. The second kappa shape index (κ2) is 20.0. The molecule has 212 valence electrons. The molecule has 0 aromatic heterocycles. The van der Waals surface area contributed by atoms with Crippen molar-refractivity contribution in [1.29, 1.82) is 0 Å². The van der Waals surface area contributed by atoms with Crippen LogP contribution in [0.25, 0.3) is 44.5 Å². The van der Waals surface area contributed by atoms with Crippen molar-refractivity contribution < 1.29 is 0 Å². The lowest BCUT2D eigenvalue weighted by Crippen LogP contribution is -1.80. The van der Waals surface area contributed by atoms with Gasteiger partial charge in [0.15, 0.2) is 0 Å². The molecule has 6 rings (SSSR count). The molecule has 0 bridgehead atoms. The molecule has 0 saturated heterocycles. The topological polar surface area (TPSA) is 0 Å². The second-order valence-corrected chi connectivity index (χ2v) is 8.63. The van der Waals surface area contributed by atoms with Gasteiger partial charge in [-0.15, -0.1) is 13.2 Å². The maximum atomic E-state index is 3.00. The quantitative estimate of drug-likeness (QED) is 0.192. The van der Waals surface area contributed by atoms with Gasteiger partial charge in [0.2, 0.25) is 0 Å². The van der Waals surface area contributed by atoms with Crippen molar-refractivity contribution in [3.8, 4) is 44.5 Å². The summed E-state index contributed by atoms with van der Waals surface area (Å²) in [4.78, 5) is 0. The Labute approximate surface area is 254 Å². The molecule has 0 aliphatic heterocycles. The van der Waals surface area contributed by atoms with E-state index in [0.29, 0.717) is 0 Å². The summed E-state index contributed by atoms with van der Waals surface area (Å²) < 4.78 is 0. The van der Waals surface area contributed by atoms with E-state index < -0.39 is 0 Å². The van der Waals surface area contributed by atoms with Gasteiger partial charge in [0.25, 0.3) is 0 Å². The molecular formula is C42H44. The Balaban J connectivity index is 0.000000250. The first kappa shape index (κ1) is 33.3. The minimum atomic E-state index is 1.26. The molecule has 0 heteroatoms. The van der Waals surface area contributed by atoms with E-state index >= 15 is 0 Å². The molecule has 0 radical (unpaired) electrons. The monoisotopic (exact) mass is 548 g/mol. The van der Waals surface area contributed by atoms with Crippen LogP contribution in [-0.4, -0.2) is 0 Å². The predicted molar refractivity (Wildman–Crippen MR) is 189 cm³/mol. The smallest absolute Gasteiger partial charge is 0.0178 e. The van der Waals surface area contributed by atoms with E-state index in [0.717, 1.165) is 0 Å². The van der Waals surface area contributed by atoms with Gasteiger partial charge in [-0.3, -0.25) is 0 Å². The van der Waals surface area contributed by atoms with Gasteiger partial charge in [-0.05, 0) is 56.6 Å². The Morgan fingerprint density at radius 2 is 0.405 bits per heavy atom. The van der Waals surface area contributed by atoms with Crippen LogP contribution >= 0.6 is 0 Å². The summed E-state index contributed by atoms with van der Waals surface area (Å²) in [6.07, 6.45) is 0. The van der Waals surface area contributed by atoms with Crippen molar-refractivity contribution in [2.45, 2.75) is 27.7 Å². The Bertz CT molecular complexity index is 1270. The molecule has 6 aromatic rings. The molecule has 0 nitrogen and oxygen atoms in total. The van der Waals surface area contributed by atoms with Crippen LogP contribution in [-0.2, 0) is 0 Å². The van der Waals surface area contributed by atoms with E-state index in [1.807, 2.05) is 52.0 Å². The van der Waals surface area contributed by atoms with Crippen LogP contribution in [0.15, 0.2) is 183 Å². The third kappa shape index (κ3) is 10.2. The highest BCUT2D eigenvalue weighted by molar-refractivity contribution is 5.74. The maximum Gasteiger partial charge on any atom is -0.0178 e. The summed E-state index contributed by atoms with van der Waals surface area (Å²) >= 11 is 0. The van der Waals surface area contributed by atoms with Gasteiger partial charge < -0.3 is 0 Å². The highest BCUT2D eigenvalue weighted by Gasteiger charge is 2.01. The molecule has 0 aliphatic carbocycles. The van der Waals surface area contributed by atoms with Crippen LogP contribution < -0.4 is 0 Å². The molecule has 0 atom stereocenters. The van der Waals surface area contributed by atoms with Crippen LogP contribution in [0, 0.1) is 0 Å². The fraction of sp³-hybridized carbons (Fsp3) is 0.0952. The third-order valence-corrected chi connectivity index (χ3v) is 6.15. The highest BCUT2D eigenvalue weighted by atomic mass is 14.1. The van der Waals surface area contributed by atoms with E-state index in [4.69, 9.17) is 0 Å². The molecule has 0 unspecified atom stereocenters. The average molecular weight is 549 g/mol. The lowest BCUT2D eigenvalue weighted by Gasteiger charge is -2.05. The molecule has 6 aromatic carbocycles. The average Bonchev–Trinajstić information content (AvgIpc) is 3.13. The standard InChI is InChI=1S/2C18H14.2C2H6.C2H4/c2*1-3-8-15(9-4-1)17-12-7-13-18(14-17)16-10-5-2-6-11-16;3*1-2/h2*1-14H;2*1-2H3;1-2H2. The summed E-state index contributed by atoms with van der Waals surface area (Å²) in [6.45, 7) is 14.0. The van der Waals surface area contributed by atoms with Crippen molar-refractivity contribution in [3.63, 3.8) is 0 Å². The summed E-state index contributed by atoms with van der Waals surface area (Å²) in [5, 5.41) is 0. The molecule has 42 heavy (non-hydrogen) atoms. The van der Waals surface area contributed by atoms with Crippen molar-refractivity contribution in [2.75, 3.05) is 0 Å². The van der Waals surface area contributed by atoms with Gasteiger partial charge in [0.1, 0.15) is 0 Å². The first-order valence-corrected chi connectivity index (χ1v) is 14.8. The first-order chi connectivity index (χ1) is 20.9. The summed E-state index contributed by atoms with van der Waals surface area (Å²) in [7, 11) is 0. The molecule has 0 fully saturated rings. The van der Waals surface area contributed by atoms with Crippen molar-refractivity contribution in [3.05, 3.63) is 183 Å². The Hall–Kier alpha value is -4.94. The van der Waals surface area contributed by atoms with Crippen molar-refractivity contribution in [2.24, 2.45) is 0 Å². The second-order valence-electron chi connectivity index (χ2n) is 8.63. The largest absolute Gasteiger partial charge is 0.106 e. The van der Waals surface area contributed by atoms with Gasteiger partial charge in [0, 0.05) is 0 Å². The zero-order valence-electron chi connectivity index (χ0n) is 25.6. The van der Waals surface area contributed by atoms with Crippen LogP contribution in [0.4, 0.5) is 0 Å². The fourth-order valence-electron chi connectivity index (χ4n) is 4.28. The van der Waals surface area contributed by atoms with Crippen LogP contribution in [0.1, 0.15) is 27.7 Å². The molecule has 0 N–H and O–H groups in total. The van der Waals surface area contributed by atoms with E-state index in [1.54, 1.807) is 0 Å². The number of hydrogen-bond acceptors (Lipinski definition) is 0. The van der Waals surface area contributed by atoms with Crippen LogP contribution in [0.2, 0.25) is 0 Å². The zero-order valence-corrected chi connectivity index (χ0v) is 25.6. The zero-order chi connectivity index (χ0) is 30.4. The molecule has 0 heterocycles. The minimum absolute atomic E-state index is 1.26. The summed E-state index contributed by atoms with van der Waals surface area (Å²) in [5.41, 5.74) is 10.1. The van der Waals surface area contributed by atoms with Crippen LogP contribution in [0.3, 0.4) is 0 Å². The number of hydrogen-bond donors (Lipinski definition) is 0. The Morgan fingerprint density at radius 1 is 0.238 bits per heavy atom. The molecule has 0 aliphatic rings. The van der Waals surface area contributed by atoms with Crippen molar-refractivity contribution >= 4 is 0 Å². The first-order valence-electron chi connectivity index (χ1n) is 14.8. The van der Waals surface area contributed by atoms with Gasteiger partial charge in [-0.2, -0.15) is 0 Å². The third-order valence-electron chi connectivity index (χ3n) is 6.15. The van der Waals surface area contributed by atoms with Gasteiger partial charge in [-0.25, -0.2) is 0 Å². The van der Waals surface area contributed by atoms with Crippen LogP contribution in [0.5, 0.6) is 0 Å². The highest BCUT2D eigenvalue weighted by Crippen LogP contribution is 2.27. The predicted octanol–water partition coefficient (Wildman–Crippen LogP) is 12.9. The summed E-state index contributed by atoms with van der Waals surface area (Å²) in [5.74, 6) is 0. The van der Waals surface area contributed by atoms with Gasteiger partial charge in [0.05, 0.1) is 0 Å². The van der Waals surface area contributed by atoms with E-state index in [-0.39, 0.29) is 0 Å².